The summed E-state index contributed by atoms with van der Waals surface area (Å²) in [4.78, 5) is 29.9. The fourth-order valence-electron chi connectivity index (χ4n) is 5.56. The quantitative estimate of drug-likeness (QED) is 0.537. The fourth-order valence-corrected chi connectivity index (χ4v) is 5.81. The van der Waals surface area contributed by atoms with E-state index in [2.05, 4.69) is 4.90 Å². The molecule has 1 heterocycles. The Balaban J connectivity index is 1.33. The number of carbonyl (C=O) groups excluding carboxylic acids is 2. The van der Waals surface area contributed by atoms with Gasteiger partial charge < -0.3 is 19.8 Å². The number of amides is 2. The van der Waals surface area contributed by atoms with E-state index in [4.69, 9.17) is 11.6 Å². The van der Waals surface area contributed by atoms with Crippen molar-refractivity contribution in [3.63, 3.8) is 0 Å². The zero-order chi connectivity index (χ0) is 27.8. The lowest BCUT2D eigenvalue weighted by Gasteiger charge is -2.35. The van der Waals surface area contributed by atoms with E-state index in [0.29, 0.717) is 22.4 Å². The summed E-state index contributed by atoms with van der Waals surface area (Å²) in [5.41, 5.74) is -2.65. The van der Waals surface area contributed by atoms with Gasteiger partial charge in [-0.2, -0.15) is 13.2 Å². The number of hydrogen-bond donors (Lipinski definition) is 1. The van der Waals surface area contributed by atoms with Crippen molar-refractivity contribution in [1.29, 1.82) is 0 Å². The number of rotatable bonds is 7. The molecule has 0 bridgehead atoms. The van der Waals surface area contributed by atoms with E-state index in [1.807, 2.05) is 12.1 Å². The molecule has 2 amide bonds. The van der Waals surface area contributed by atoms with Crippen molar-refractivity contribution >= 4 is 29.1 Å². The van der Waals surface area contributed by atoms with Crippen LogP contribution in [0.25, 0.3) is 0 Å². The predicted molar refractivity (Wildman–Crippen MR) is 140 cm³/mol. The number of likely N-dealkylation sites (N-methyl/N-ethyl adjacent to an activating group) is 1. The molecule has 0 radical (unpaired) electrons. The molecule has 38 heavy (non-hydrogen) atoms. The van der Waals surface area contributed by atoms with E-state index in [-0.39, 0.29) is 18.4 Å². The molecule has 0 unspecified atom stereocenters. The SMILES string of the molecule is CN(C)C(=O)c1ccc(N2CCC([C@@H]3C[C@H]3CN(C)C(=O)[C@](O)(c3ccccc3)C(F)(F)F)CC2)cc1Cl. The Kier molecular flexibility index (Phi) is 8.00. The molecule has 2 fully saturated rings. The van der Waals surface area contributed by atoms with Crippen molar-refractivity contribution in [3.8, 4) is 0 Å². The summed E-state index contributed by atoms with van der Waals surface area (Å²) in [6, 6.07) is 12.0. The predicted octanol–water partition coefficient (Wildman–Crippen LogP) is 4.80. The molecule has 1 N–H and O–H groups in total. The van der Waals surface area contributed by atoms with Crippen LogP contribution in [0.2, 0.25) is 5.02 Å². The Bertz CT molecular complexity index is 1170. The van der Waals surface area contributed by atoms with Crippen LogP contribution in [-0.4, -0.2) is 73.7 Å². The molecule has 2 aromatic carbocycles. The minimum absolute atomic E-state index is 0.111. The molecule has 4 rings (SSSR count). The van der Waals surface area contributed by atoms with E-state index < -0.39 is 23.2 Å². The second kappa shape index (κ2) is 10.8. The van der Waals surface area contributed by atoms with Crippen molar-refractivity contribution in [3.05, 3.63) is 64.7 Å². The Morgan fingerprint density at radius 1 is 1.05 bits per heavy atom. The first-order chi connectivity index (χ1) is 17.8. The van der Waals surface area contributed by atoms with E-state index in [1.54, 1.807) is 20.2 Å². The van der Waals surface area contributed by atoms with Crippen molar-refractivity contribution < 1.29 is 27.9 Å². The average molecular weight is 552 g/mol. The maximum absolute atomic E-state index is 13.9. The van der Waals surface area contributed by atoms with Gasteiger partial charge in [-0.05, 0) is 55.2 Å². The summed E-state index contributed by atoms with van der Waals surface area (Å²) in [6.07, 6.45) is -2.45. The number of benzene rings is 2. The standard InChI is InChI=1S/C28H33ClF3N3O3/c1-33(2)25(36)22-10-9-21(16-24(22)29)35-13-11-18(12-14-35)23-15-19(23)17-34(3)26(37)27(38,28(30,31)32)20-7-5-4-6-8-20/h4-10,16,18-19,23,38H,11-15,17H2,1-3H3/t19-,23-,27+/m0/s1. The summed E-state index contributed by atoms with van der Waals surface area (Å²) in [6.45, 7) is 1.79. The number of piperidine rings is 1. The first-order valence-corrected chi connectivity index (χ1v) is 13.1. The minimum Gasteiger partial charge on any atom is -0.371 e. The Morgan fingerprint density at radius 2 is 1.68 bits per heavy atom. The molecule has 2 aliphatic rings. The topological polar surface area (TPSA) is 64.1 Å². The maximum Gasteiger partial charge on any atom is 0.430 e. The zero-order valence-electron chi connectivity index (χ0n) is 21.7. The third-order valence-corrected chi connectivity index (χ3v) is 8.16. The van der Waals surface area contributed by atoms with Crippen molar-refractivity contribution in [1.82, 2.24) is 9.80 Å². The highest BCUT2D eigenvalue weighted by atomic mass is 35.5. The van der Waals surface area contributed by atoms with Gasteiger partial charge in [0, 0.05) is 52.0 Å². The van der Waals surface area contributed by atoms with Crippen LogP contribution in [0.15, 0.2) is 48.5 Å². The highest BCUT2D eigenvalue weighted by Crippen LogP contribution is 2.49. The highest BCUT2D eigenvalue weighted by molar-refractivity contribution is 6.34. The molecule has 6 nitrogen and oxygen atoms in total. The van der Waals surface area contributed by atoms with Crippen LogP contribution >= 0.6 is 11.6 Å². The van der Waals surface area contributed by atoms with Crippen LogP contribution in [0.1, 0.15) is 35.2 Å². The lowest BCUT2D eigenvalue weighted by atomic mass is 9.90. The first kappa shape index (κ1) is 28.2. The second-order valence-electron chi connectivity index (χ2n) is 10.6. The lowest BCUT2D eigenvalue weighted by molar-refractivity contribution is -0.261. The van der Waals surface area contributed by atoms with Gasteiger partial charge in [0.05, 0.1) is 10.6 Å². The number of aliphatic hydroxyl groups is 1. The highest BCUT2D eigenvalue weighted by Gasteiger charge is 2.62. The minimum atomic E-state index is -5.14. The van der Waals surface area contributed by atoms with Gasteiger partial charge in [-0.25, -0.2) is 0 Å². The van der Waals surface area contributed by atoms with E-state index in [9.17, 15) is 27.9 Å². The molecular formula is C28H33ClF3N3O3. The zero-order valence-corrected chi connectivity index (χ0v) is 22.5. The molecule has 10 heteroatoms. The van der Waals surface area contributed by atoms with E-state index in [0.717, 1.165) is 55.1 Å². The smallest absolute Gasteiger partial charge is 0.371 e. The van der Waals surface area contributed by atoms with Crippen molar-refractivity contribution in [2.45, 2.75) is 31.0 Å². The largest absolute Gasteiger partial charge is 0.430 e. The average Bonchev–Trinajstić information content (AvgIpc) is 3.66. The number of halogens is 4. The van der Waals surface area contributed by atoms with Gasteiger partial charge in [0.1, 0.15) is 0 Å². The van der Waals surface area contributed by atoms with Gasteiger partial charge in [0.15, 0.2) is 0 Å². The summed E-state index contributed by atoms with van der Waals surface area (Å²) in [5.74, 6) is -0.641. The van der Waals surface area contributed by atoms with Crippen molar-refractivity contribution in [2.75, 3.05) is 45.7 Å². The molecule has 0 aromatic heterocycles. The summed E-state index contributed by atoms with van der Waals surface area (Å²) >= 11 is 6.37. The normalized spacial score (nSPS) is 21.5. The fraction of sp³-hybridized carbons (Fsp3) is 0.500. The monoisotopic (exact) mass is 551 g/mol. The molecule has 206 valence electrons. The Morgan fingerprint density at radius 3 is 2.24 bits per heavy atom. The van der Waals surface area contributed by atoms with Crippen LogP contribution < -0.4 is 4.90 Å². The molecule has 1 saturated carbocycles. The summed E-state index contributed by atoms with van der Waals surface area (Å²) in [7, 11) is 4.68. The molecule has 1 saturated heterocycles. The molecule has 1 aliphatic carbocycles. The number of alkyl halides is 3. The molecular weight excluding hydrogens is 519 g/mol. The Labute approximate surface area is 226 Å². The van der Waals surface area contributed by atoms with Crippen LogP contribution in [0, 0.1) is 17.8 Å². The molecule has 2 aromatic rings. The number of nitrogens with zero attached hydrogens (tertiary/aromatic N) is 3. The maximum atomic E-state index is 13.9. The first-order valence-electron chi connectivity index (χ1n) is 12.7. The van der Waals surface area contributed by atoms with E-state index in [1.165, 1.54) is 30.1 Å². The number of carbonyl (C=O) groups is 2. The van der Waals surface area contributed by atoms with Gasteiger partial charge >= 0.3 is 6.18 Å². The van der Waals surface area contributed by atoms with Gasteiger partial charge in [-0.15, -0.1) is 0 Å². The van der Waals surface area contributed by atoms with E-state index >= 15 is 0 Å². The summed E-state index contributed by atoms with van der Waals surface area (Å²) in [5, 5.41) is 11.0. The molecule has 1 aliphatic heterocycles. The van der Waals surface area contributed by atoms with Gasteiger partial charge in [-0.3, -0.25) is 9.59 Å². The third-order valence-electron chi connectivity index (χ3n) is 7.84. The van der Waals surface area contributed by atoms with Crippen LogP contribution in [0.5, 0.6) is 0 Å². The van der Waals surface area contributed by atoms with Gasteiger partial charge in [-0.1, -0.05) is 41.9 Å². The summed E-state index contributed by atoms with van der Waals surface area (Å²) < 4.78 is 41.7. The van der Waals surface area contributed by atoms with Crippen molar-refractivity contribution in [2.24, 2.45) is 17.8 Å². The Hall–Kier alpha value is -2.78. The number of hydrogen-bond acceptors (Lipinski definition) is 4. The second-order valence-corrected chi connectivity index (χ2v) is 11.0. The third kappa shape index (κ3) is 5.50. The number of anilines is 1. The van der Waals surface area contributed by atoms with Crippen LogP contribution in [0.4, 0.5) is 18.9 Å². The van der Waals surface area contributed by atoms with Gasteiger partial charge in [0.25, 0.3) is 17.4 Å². The lowest BCUT2D eigenvalue weighted by Crippen LogP contribution is -2.55. The van der Waals surface area contributed by atoms with Gasteiger partial charge in [0.2, 0.25) is 0 Å². The molecule has 0 spiro atoms. The van der Waals surface area contributed by atoms with Crippen LogP contribution in [0.3, 0.4) is 0 Å². The van der Waals surface area contributed by atoms with Crippen LogP contribution in [-0.2, 0) is 10.4 Å². The molecule has 3 atom stereocenters.